The molecular weight excluding hydrogens is 236 g/mol. The zero-order chi connectivity index (χ0) is 13.8. The van der Waals surface area contributed by atoms with Gasteiger partial charge < -0.3 is 4.74 Å². The third-order valence-electron chi connectivity index (χ3n) is 3.71. The fourth-order valence-corrected chi connectivity index (χ4v) is 2.88. The van der Waals surface area contributed by atoms with Gasteiger partial charge in [0.05, 0.1) is 6.10 Å². The van der Waals surface area contributed by atoms with Gasteiger partial charge >= 0.3 is 0 Å². The lowest BCUT2D eigenvalue weighted by Gasteiger charge is -2.39. The predicted octanol–water partition coefficient (Wildman–Crippen LogP) is 3.80. The van der Waals surface area contributed by atoms with E-state index in [1.807, 2.05) is 12.3 Å². The van der Waals surface area contributed by atoms with E-state index in [1.54, 1.807) is 0 Å². The van der Waals surface area contributed by atoms with Gasteiger partial charge in [-0.3, -0.25) is 4.90 Å². The molecule has 19 heavy (non-hydrogen) atoms. The summed E-state index contributed by atoms with van der Waals surface area (Å²) in [6.07, 6.45) is 5.80. The molecule has 0 saturated carbocycles. The first-order valence-corrected chi connectivity index (χ1v) is 7.47. The summed E-state index contributed by atoms with van der Waals surface area (Å²) >= 11 is 0. The fourth-order valence-electron chi connectivity index (χ4n) is 2.88. The van der Waals surface area contributed by atoms with Crippen LogP contribution in [0.25, 0.3) is 0 Å². The van der Waals surface area contributed by atoms with E-state index in [-0.39, 0.29) is 6.10 Å². The van der Waals surface area contributed by atoms with Crippen LogP contribution < -0.4 is 4.74 Å². The highest BCUT2D eigenvalue weighted by molar-refractivity contribution is 5.29. The quantitative estimate of drug-likeness (QED) is 0.825. The molecule has 0 radical (unpaired) electrons. The summed E-state index contributed by atoms with van der Waals surface area (Å²) in [7, 11) is 0. The van der Waals surface area contributed by atoms with Gasteiger partial charge in [0.25, 0.3) is 0 Å². The van der Waals surface area contributed by atoms with E-state index in [0.29, 0.717) is 12.1 Å². The molecule has 1 aliphatic rings. The van der Waals surface area contributed by atoms with Crippen molar-refractivity contribution in [2.45, 2.75) is 65.1 Å². The molecule has 1 aromatic heterocycles. The number of aromatic nitrogens is 1. The standard InChI is InChI=1S/C16H26N2O/c1-12(2)18-11-6-5-9-15(18)14-8-7-10-17-16(14)19-13(3)4/h7-8,10,12-13,15H,5-6,9,11H2,1-4H3. The third kappa shape index (κ3) is 3.47. The lowest BCUT2D eigenvalue weighted by molar-refractivity contribution is 0.107. The van der Waals surface area contributed by atoms with Crippen molar-refractivity contribution in [2.75, 3.05) is 6.54 Å². The predicted molar refractivity (Wildman–Crippen MR) is 78.4 cm³/mol. The second kappa shape index (κ2) is 6.38. The maximum atomic E-state index is 5.89. The molecule has 1 fully saturated rings. The number of hydrogen-bond acceptors (Lipinski definition) is 3. The van der Waals surface area contributed by atoms with E-state index >= 15 is 0 Å². The van der Waals surface area contributed by atoms with E-state index in [1.165, 1.54) is 31.4 Å². The van der Waals surface area contributed by atoms with Crippen molar-refractivity contribution >= 4 is 0 Å². The fraction of sp³-hybridized carbons (Fsp3) is 0.688. The van der Waals surface area contributed by atoms with Crippen molar-refractivity contribution in [3.63, 3.8) is 0 Å². The van der Waals surface area contributed by atoms with Gasteiger partial charge in [0.1, 0.15) is 0 Å². The molecule has 2 heterocycles. The van der Waals surface area contributed by atoms with Gasteiger partial charge in [-0.15, -0.1) is 0 Å². The van der Waals surface area contributed by atoms with Gasteiger partial charge in [-0.1, -0.05) is 12.5 Å². The van der Waals surface area contributed by atoms with Crippen LogP contribution in [0.4, 0.5) is 0 Å². The summed E-state index contributed by atoms with van der Waals surface area (Å²) in [6, 6.07) is 5.22. The maximum absolute atomic E-state index is 5.89. The van der Waals surface area contributed by atoms with Crippen LogP contribution in [0.15, 0.2) is 18.3 Å². The minimum absolute atomic E-state index is 0.171. The van der Waals surface area contributed by atoms with Crippen LogP contribution >= 0.6 is 0 Å². The molecule has 2 rings (SSSR count). The van der Waals surface area contributed by atoms with E-state index in [4.69, 9.17) is 4.74 Å². The van der Waals surface area contributed by atoms with Gasteiger partial charge in [0.2, 0.25) is 5.88 Å². The van der Waals surface area contributed by atoms with Gasteiger partial charge in [-0.25, -0.2) is 4.98 Å². The molecule has 3 nitrogen and oxygen atoms in total. The summed E-state index contributed by atoms with van der Waals surface area (Å²) in [5, 5.41) is 0. The highest BCUT2D eigenvalue weighted by Crippen LogP contribution is 2.36. The first kappa shape index (κ1) is 14.3. The lowest BCUT2D eigenvalue weighted by Crippen LogP contribution is -2.38. The van der Waals surface area contributed by atoms with Gasteiger partial charge in [0, 0.05) is 23.8 Å². The number of rotatable bonds is 4. The molecule has 1 saturated heterocycles. The largest absolute Gasteiger partial charge is 0.475 e. The highest BCUT2D eigenvalue weighted by Gasteiger charge is 2.28. The van der Waals surface area contributed by atoms with E-state index in [9.17, 15) is 0 Å². The zero-order valence-corrected chi connectivity index (χ0v) is 12.6. The van der Waals surface area contributed by atoms with E-state index in [2.05, 4.69) is 43.6 Å². The van der Waals surface area contributed by atoms with Gasteiger partial charge in [-0.05, 0) is 53.1 Å². The Morgan fingerprint density at radius 1 is 1.26 bits per heavy atom. The number of pyridine rings is 1. The first-order chi connectivity index (χ1) is 9.09. The minimum atomic E-state index is 0.171. The van der Waals surface area contributed by atoms with Gasteiger partial charge in [0.15, 0.2) is 0 Å². The van der Waals surface area contributed by atoms with Crippen molar-refractivity contribution in [3.8, 4) is 5.88 Å². The smallest absolute Gasteiger partial charge is 0.218 e. The minimum Gasteiger partial charge on any atom is -0.475 e. The number of nitrogens with zero attached hydrogens (tertiary/aromatic N) is 2. The van der Waals surface area contributed by atoms with Crippen molar-refractivity contribution in [1.82, 2.24) is 9.88 Å². The molecule has 0 aliphatic carbocycles. The van der Waals surface area contributed by atoms with Crippen LogP contribution in [0, 0.1) is 0 Å². The number of hydrogen-bond donors (Lipinski definition) is 0. The van der Waals surface area contributed by atoms with Crippen LogP contribution in [0.3, 0.4) is 0 Å². The first-order valence-electron chi connectivity index (χ1n) is 7.47. The maximum Gasteiger partial charge on any atom is 0.218 e. The summed E-state index contributed by atoms with van der Waals surface area (Å²) in [4.78, 5) is 7.02. The molecule has 1 aliphatic heterocycles. The molecule has 1 atom stereocenters. The third-order valence-corrected chi connectivity index (χ3v) is 3.71. The summed E-state index contributed by atoms with van der Waals surface area (Å²) in [5.41, 5.74) is 1.25. The van der Waals surface area contributed by atoms with Crippen LogP contribution in [0.1, 0.15) is 58.6 Å². The summed E-state index contributed by atoms with van der Waals surface area (Å²) in [5.74, 6) is 0.815. The molecule has 1 aromatic rings. The van der Waals surface area contributed by atoms with Crippen LogP contribution in [0.2, 0.25) is 0 Å². The molecule has 1 unspecified atom stereocenters. The van der Waals surface area contributed by atoms with Crippen molar-refractivity contribution in [3.05, 3.63) is 23.9 Å². The lowest BCUT2D eigenvalue weighted by atomic mass is 9.94. The Morgan fingerprint density at radius 3 is 2.74 bits per heavy atom. The van der Waals surface area contributed by atoms with Gasteiger partial charge in [-0.2, -0.15) is 0 Å². The second-order valence-electron chi connectivity index (χ2n) is 5.91. The number of piperidine rings is 1. The zero-order valence-electron chi connectivity index (χ0n) is 12.6. The number of ether oxygens (including phenoxy) is 1. The molecule has 106 valence electrons. The van der Waals surface area contributed by atoms with Crippen molar-refractivity contribution in [2.24, 2.45) is 0 Å². The Hall–Kier alpha value is -1.09. The van der Waals surface area contributed by atoms with E-state index < -0.39 is 0 Å². The Bertz CT molecular complexity index is 403. The SMILES string of the molecule is CC(C)Oc1ncccc1C1CCCCN1C(C)C. The normalized spacial score (nSPS) is 21.1. The Balaban J connectivity index is 2.28. The average molecular weight is 262 g/mol. The molecule has 0 spiro atoms. The molecule has 0 bridgehead atoms. The summed E-state index contributed by atoms with van der Waals surface area (Å²) in [6.45, 7) is 9.84. The topological polar surface area (TPSA) is 25.4 Å². The Kier molecular flexibility index (Phi) is 4.81. The molecule has 0 aromatic carbocycles. The average Bonchev–Trinajstić information content (AvgIpc) is 2.38. The second-order valence-corrected chi connectivity index (χ2v) is 5.91. The number of likely N-dealkylation sites (tertiary alicyclic amines) is 1. The Morgan fingerprint density at radius 2 is 2.05 bits per heavy atom. The molecule has 0 N–H and O–H groups in total. The van der Waals surface area contributed by atoms with E-state index in [0.717, 1.165) is 5.88 Å². The molecule has 3 heteroatoms. The van der Waals surface area contributed by atoms with Crippen molar-refractivity contribution in [1.29, 1.82) is 0 Å². The van der Waals surface area contributed by atoms with Crippen LogP contribution in [-0.4, -0.2) is 28.6 Å². The molecular formula is C16H26N2O. The highest BCUT2D eigenvalue weighted by atomic mass is 16.5. The monoisotopic (exact) mass is 262 g/mol. The Labute approximate surface area is 117 Å². The van der Waals surface area contributed by atoms with Crippen LogP contribution in [-0.2, 0) is 0 Å². The molecule has 0 amide bonds. The van der Waals surface area contributed by atoms with Crippen LogP contribution in [0.5, 0.6) is 5.88 Å². The van der Waals surface area contributed by atoms with Crippen molar-refractivity contribution < 1.29 is 4.74 Å². The summed E-state index contributed by atoms with van der Waals surface area (Å²) < 4.78 is 5.89.